The molecular weight excluding hydrogens is 184 g/mol. The zero-order valence-corrected chi connectivity index (χ0v) is 9.30. The summed E-state index contributed by atoms with van der Waals surface area (Å²) in [4.78, 5) is 0. The normalized spacial score (nSPS) is 17.2. The van der Waals surface area contributed by atoms with E-state index in [-0.39, 0.29) is 5.41 Å². The van der Waals surface area contributed by atoms with Crippen molar-refractivity contribution in [3.8, 4) is 6.07 Å². The molecule has 0 heterocycles. The molecule has 15 heavy (non-hydrogen) atoms. The highest BCUT2D eigenvalue weighted by Crippen LogP contribution is 2.48. The first-order valence-electron chi connectivity index (χ1n) is 5.35. The van der Waals surface area contributed by atoms with E-state index in [4.69, 9.17) is 11.0 Å². The van der Waals surface area contributed by atoms with E-state index in [2.05, 4.69) is 19.9 Å². The number of nitrogens with two attached hydrogens (primary N) is 1. The topological polar surface area (TPSA) is 49.8 Å². The number of nitrogens with zero attached hydrogens (tertiary/aromatic N) is 1. The van der Waals surface area contributed by atoms with Crippen LogP contribution in [0.4, 0.5) is 0 Å². The Morgan fingerprint density at radius 3 is 2.53 bits per heavy atom. The van der Waals surface area contributed by atoms with Crippen LogP contribution in [0.3, 0.4) is 0 Å². The van der Waals surface area contributed by atoms with Gasteiger partial charge in [0.25, 0.3) is 0 Å². The molecule has 0 spiro atoms. The van der Waals surface area contributed by atoms with E-state index in [1.54, 1.807) is 0 Å². The first-order chi connectivity index (χ1) is 7.13. The lowest BCUT2D eigenvalue weighted by Gasteiger charge is -2.18. The van der Waals surface area contributed by atoms with E-state index in [1.165, 1.54) is 29.5 Å². The number of nitriles is 1. The van der Waals surface area contributed by atoms with Crippen LogP contribution in [-0.4, -0.2) is 6.54 Å². The molecule has 1 aromatic rings. The van der Waals surface area contributed by atoms with Gasteiger partial charge in [-0.25, -0.2) is 0 Å². The largest absolute Gasteiger partial charge is 0.330 e. The lowest BCUT2D eigenvalue weighted by Crippen LogP contribution is -2.21. The maximum Gasteiger partial charge on any atom is 0.0991 e. The minimum Gasteiger partial charge on any atom is -0.330 e. The van der Waals surface area contributed by atoms with Crippen molar-refractivity contribution in [1.29, 1.82) is 5.26 Å². The second-order valence-corrected chi connectivity index (χ2v) is 4.56. The van der Waals surface area contributed by atoms with Gasteiger partial charge in [-0.3, -0.25) is 0 Å². The highest BCUT2D eigenvalue weighted by atomic mass is 14.7. The van der Waals surface area contributed by atoms with Crippen molar-refractivity contribution in [3.05, 3.63) is 34.4 Å². The zero-order valence-electron chi connectivity index (χ0n) is 9.30. The smallest absolute Gasteiger partial charge is 0.0991 e. The van der Waals surface area contributed by atoms with Gasteiger partial charge in [0.2, 0.25) is 0 Å². The molecule has 2 nitrogen and oxygen atoms in total. The molecule has 0 bridgehead atoms. The summed E-state index contributed by atoms with van der Waals surface area (Å²) in [6.45, 7) is 4.88. The standard InChI is InChI=1S/C13H16N2/c1-9-5-11(7-14)6-12(10(9)2)13(8-15)3-4-13/h5-6H,3-4,8,15H2,1-2H3. The van der Waals surface area contributed by atoms with Crippen LogP contribution < -0.4 is 5.73 Å². The Bertz CT molecular complexity index is 437. The quantitative estimate of drug-likeness (QED) is 0.795. The molecule has 0 aliphatic heterocycles. The van der Waals surface area contributed by atoms with Crippen molar-refractivity contribution >= 4 is 0 Å². The molecule has 78 valence electrons. The molecule has 1 saturated carbocycles. The Morgan fingerprint density at radius 2 is 2.07 bits per heavy atom. The average molecular weight is 200 g/mol. The maximum atomic E-state index is 8.95. The Kier molecular flexibility index (Phi) is 2.28. The third kappa shape index (κ3) is 1.53. The molecule has 0 atom stereocenters. The number of hydrogen-bond donors (Lipinski definition) is 1. The van der Waals surface area contributed by atoms with E-state index in [1.807, 2.05) is 12.1 Å². The molecule has 0 amide bonds. The third-order valence-corrected chi connectivity index (χ3v) is 3.61. The summed E-state index contributed by atoms with van der Waals surface area (Å²) in [6.07, 6.45) is 2.33. The Balaban J connectivity index is 2.56. The summed E-state index contributed by atoms with van der Waals surface area (Å²) >= 11 is 0. The van der Waals surface area contributed by atoms with E-state index < -0.39 is 0 Å². The van der Waals surface area contributed by atoms with Crippen LogP contribution in [0.2, 0.25) is 0 Å². The summed E-state index contributed by atoms with van der Waals surface area (Å²) in [6, 6.07) is 6.18. The van der Waals surface area contributed by atoms with E-state index in [0.717, 1.165) is 5.56 Å². The molecule has 1 fully saturated rings. The summed E-state index contributed by atoms with van der Waals surface area (Å²) < 4.78 is 0. The van der Waals surface area contributed by atoms with Gasteiger partial charge in [0.05, 0.1) is 11.6 Å². The summed E-state index contributed by atoms with van der Waals surface area (Å²) in [5.41, 5.74) is 10.6. The number of benzene rings is 1. The Hall–Kier alpha value is -1.33. The van der Waals surface area contributed by atoms with Crippen molar-refractivity contribution in [2.24, 2.45) is 5.73 Å². The van der Waals surface area contributed by atoms with E-state index >= 15 is 0 Å². The second kappa shape index (κ2) is 3.36. The van der Waals surface area contributed by atoms with Crippen molar-refractivity contribution < 1.29 is 0 Å². The van der Waals surface area contributed by atoms with Crippen molar-refractivity contribution in [2.45, 2.75) is 32.1 Å². The Morgan fingerprint density at radius 1 is 1.40 bits per heavy atom. The van der Waals surface area contributed by atoms with Crippen LogP contribution >= 0.6 is 0 Å². The minimum absolute atomic E-state index is 0.182. The number of aryl methyl sites for hydroxylation is 1. The SMILES string of the molecule is Cc1cc(C#N)cc(C2(CN)CC2)c1C. The van der Waals surface area contributed by atoms with Crippen molar-refractivity contribution in [2.75, 3.05) is 6.54 Å². The van der Waals surface area contributed by atoms with Gasteiger partial charge in [-0.1, -0.05) is 0 Å². The lowest BCUT2D eigenvalue weighted by atomic mass is 9.88. The molecule has 0 radical (unpaired) electrons. The van der Waals surface area contributed by atoms with Gasteiger partial charge < -0.3 is 5.73 Å². The second-order valence-electron chi connectivity index (χ2n) is 4.56. The molecule has 1 aromatic carbocycles. The Labute approximate surface area is 90.7 Å². The number of hydrogen-bond acceptors (Lipinski definition) is 2. The monoisotopic (exact) mass is 200 g/mol. The van der Waals surface area contributed by atoms with Gasteiger partial charge in [0, 0.05) is 12.0 Å². The summed E-state index contributed by atoms with van der Waals surface area (Å²) in [5, 5.41) is 8.95. The minimum atomic E-state index is 0.182. The van der Waals surface area contributed by atoms with Gasteiger partial charge in [0.15, 0.2) is 0 Å². The van der Waals surface area contributed by atoms with Gasteiger partial charge >= 0.3 is 0 Å². The van der Waals surface area contributed by atoms with Gasteiger partial charge in [-0.05, 0) is 55.5 Å². The maximum absolute atomic E-state index is 8.95. The van der Waals surface area contributed by atoms with Crippen LogP contribution in [0, 0.1) is 25.2 Å². The number of rotatable bonds is 2. The molecule has 2 N–H and O–H groups in total. The first kappa shape index (κ1) is 10.2. The highest BCUT2D eigenvalue weighted by molar-refractivity contribution is 5.48. The van der Waals surface area contributed by atoms with Gasteiger partial charge in [-0.15, -0.1) is 0 Å². The molecule has 2 heteroatoms. The fourth-order valence-corrected chi connectivity index (χ4v) is 2.21. The van der Waals surface area contributed by atoms with E-state index in [9.17, 15) is 0 Å². The highest BCUT2D eigenvalue weighted by Gasteiger charge is 2.44. The van der Waals surface area contributed by atoms with Crippen LogP contribution in [0.25, 0.3) is 0 Å². The fraction of sp³-hybridized carbons (Fsp3) is 0.462. The van der Waals surface area contributed by atoms with Crippen LogP contribution in [0.5, 0.6) is 0 Å². The van der Waals surface area contributed by atoms with Gasteiger partial charge in [-0.2, -0.15) is 5.26 Å². The van der Waals surface area contributed by atoms with Crippen LogP contribution in [0.15, 0.2) is 12.1 Å². The molecule has 1 aliphatic rings. The van der Waals surface area contributed by atoms with Crippen molar-refractivity contribution in [3.63, 3.8) is 0 Å². The summed E-state index contributed by atoms with van der Waals surface area (Å²) in [5.74, 6) is 0. The van der Waals surface area contributed by atoms with E-state index in [0.29, 0.717) is 6.54 Å². The average Bonchev–Trinajstić information content (AvgIpc) is 3.02. The van der Waals surface area contributed by atoms with Gasteiger partial charge in [0.1, 0.15) is 0 Å². The van der Waals surface area contributed by atoms with Crippen molar-refractivity contribution in [1.82, 2.24) is 0 Å². The molecular formula is C13H16N2. The molecule has 1 aliphatic carbocycles. The van der Waals surface area contributed by atoms with Crippen LogP contribution in [0.1, 0.15) is 35.1 Å². The fourth-order valence-electron chi connectivity index (χ4n) is 2.21. The lowest BCUT2D eigenvalue weighted by molar-refractivity contribution is 0.698. The predicted molar refractivity (Wildman–Crippen MR) is 60.6 cm³/mol. The summed E-state index contributed by atoms with van der Waals surface area (Å²) in [7, 11) is 0. The molecule has 0 aromatic heterocycles. The molecule has 0 saturated heterocycles. The zero-order chi connectivity index (χ0) is 11.1. The predicted octanol–water partition coefficient (Wildman–Crippen LogP) is 2.17. The molecule has 2 rings (SSSR count). The third-order valence-electron chi connectivity index (χ3n) is 3.61. The molecule has 0 unspecified atom stereocenters. The van der Waals surface area contributed by atoms with Crippen LogP contribution in [-0.2, 0) is 5.41 Å². The first-order valence-corrected chi connectivity index (χ1v) is 5.35.